The van der Waals surface area contributed by atoms with Crippen molar-refractivity contribution in [2.75, 3.05) is 35.7 Å². The number of ether oxygens (including phenoxy) is 1. The molecular formula is C25H29N5O3. The summed E-state index contributed by atoms with van der Waals surface area (Å²) in [5, 5.41) is 10.7. The Balaban J connectivity index is 1.50. The maximum atomic E-state index is 12.8. The van der Waals surface area contributed by atoms with Crippen molar-refractivity contribution in [3.8, 4) is 11.4 Å². The van der Waals surface area contributed by atoms with E-state index in [0.717, 1.165) is 28.6 Å². The van der Waals surface area contributed by atoms with Crippen LogP contribution in [0.2, 0.25) is 0 Å². The first kappa shape index (κ1) is 22.4. The number of hydrogen-bond donors (Lipinski definition) is 2. The summed E-state index contributed by atoms with van der Waals surface area (Å²) in [5.74, 6) is 1.40. The summed E-state index contributed by atoms with van der Waals surface area (Å²) in [5.41, 5.74) is 3.15. The highest BCUT2D eigenvalue weighted by Crippen LogP contribution is 2.35. The Kier molecular flexibility index (Phi) is 6.63. The van der Waals surface area contributed by atoms with Crippen LogP contribution in [0.1, 0.15) is 25.5 Å². The van der Waals surface area contributed by atoms with E-state index in [-0.39, 0.29) is 17.7 Å². The fourth-order valence-corrected chi connectivity index (χ4v) is 4.15. The van der Waals surface area contributed by atoms with E-state index in [1.807, 2.05) is 66.2 Å². The molecule has 1 saturated heterocycles. The van der Waals surface area contributed by atoms with Gasteiger partial charge in [-0.1, -0.05) is 18.2 Å². The molecule has 8 nitrogen and oxygen atoms in total. The van der Waals surface area contributed by atoms with Crippen LogP contribution in [-0.2, 0) is 9.59 Å². The molecule has 0 atom stereocenters. The number of benzene rings is 2. The molecule has 1 fully saturated rings. The number of piperidine rings is 1. The third kappa shape index (κ3) is 5.00. The highest BCUT2D eigenvalue weighted by Gasteiger charge is 2.30. The van der Waals surface area contributed by atoms with Gasteiger partial charge in [0.2, 0.25) is 11.8 Å². The molecule has 0 aliphatic carbocycles. The van der Waals surface area contributed by atoms with Gasteiger partial charge in [0.25, 0.3) is 0 Å². The summed E-state index contributed by atoms with van der Waals surface area (Å²) in [6, 6.07) is 17.2. The van der Waals surface area contributed by atoms with Gasteiger partial charge in [0.15, 0.2) is 5.82 Å². The Labute approximate surface area is 193 Å². The lowest BCUT2D eigenvalue weighted by Gasteiger charge is -2.33. The molecule has 0 bridgehead atoms. The lowest BCUT2D eigenvalue weighted by molar-refractivity contribution is -0.120. The molecule has 2 heterocycles. The number of amides is 2. The van der Waals surface area contributed by atoms with Gasteiger partial charge in [-0.15, -0.1) is 0 Å². The fourth-order valence-electron chi connectivity index (χ4n) is 4.15. The highest BCUT2D eigenvalue weighted by molar-refractivity contribution is 5.94. The lowest BCUT2D eigenvalue weighted by Crippen LogP contribution is -2.39. The molecular weight excluding hydrogens is 418 g/mol. The van der Waals surface area contributed by atoms with E-state index in [2.05, 4.69) is 15.5 Å². The molecule has 3 aromatic rings. The SMILES string of the molecule is COc1ccc(NC(=O)C2CCN(c3c(NC(C)=O)c(C)nn3-c3ccccc3)CC2)cc1. The van der Waals surface area contributed by atoms with Crippen molar-refractivity contribution in [2.24, 2.45) is 5.92 Å². The number of carbonyl (C=O) groups excluding carboxylic acids is 2. The van der Waals surface area contributed by atoms with Crippen molar-refractivity contribution in [1.82, 2.24) is 9.78 Å². The maximum Gasteiger partial charge on any atom is 0.227 e. The van der Waals surface area contributed by atoms with E-state index < -0.39 is 0 Å². The largest absolute Gasteiger partial charge is 0.497 e. The summed E-state index contributed by atoms with van der Waals surface area (Å²) in [6.45, 7) is 4.76. The second-order valence-electron chi connectivity index (χ2n) is 8.19. The number of para-hydroxylation sites is 1. The van der Waals surface area contributed by atoms with Crippen LogP contribution in [0.25, 0.3) is 5.69 Å². The average Bonchev–Trinajstić information content (AvgIpc) is 3.15. The second-order valence-corrected chi connectivity index (χ2v) is 8.19. The summed E-state index contributed by atoms with van der Waals surface area (Å²) in [4.78, 5) is 26.9. The van der Waals surface area contributed by atoms with E-state index in [9.17, 15) is 9.59 Å². The Morgan fingerprint density at radius 2 is 1.67 bits per heavy atom. The summed E-state index contributed by atoms with van der Waals surface area (Å²) < 4.78 is 7.04. The molecule has 8 heteroatoms. The molecule has 2 amide bonds. The van der Waals surface area contributed by atoms with Gasteiger partial charge in [-0.05, 0) is 56.2 Å². The van der Waals surface area contributed by atoms with Crippen molar-refractivity contribution in [3.63, 3.8) is 0 Å². The molecule has 0 spiro atoms. The van der Waals surface area contributed by atoms with Gasteiger partial charge < -0.3 is 20.3 Å². The van der Waals surface area contributed by atoms with E-state index in [1.165, 1.54) is 6.92 Å². The van der Waals surface area contributed by atoms with Crippen LogP contribution in [0.15, 0.2) is 54.6 Å². The Bertz CT molecular complexity index is 1120. The predicted molar refractivity (Wildman–Crippen MR) is 129 cm³/mol. The minimum atomic E-state index is -0.138. The summed E-state index contributed by atoms with van der Waals surface area (Å²) >= 11 is 0. The molecule has 2 N–H and O–H groups in total. The van der Waals surface area contributed by atoms with Gasteiger partial charge >= 0.3 is 0 Å². The topological polar surface area (TPSA) is 88.5 Å². The van der Waals surface area contributed by atoms with Crippen molar-refractivity contribution >= 4 is 29.0 Å². The lowest BCUT2D eigenvalue weighted by atomic mass is 9.95. The van der Waals surface area contributed by atoms with Gasteiger partial charge in [0.05, 0.1) is 18.5 Å². The zero-order valence-electron chi connectivity index (χ0n) is 19.2. The number of aryl methyl sites for hydroxylation is 1. The van der Waals surface area contributed by atoms with Crippen molar-refractivity contribution in [2.45, 2.75) is 26.7 Å². The Morgan fingerprint density at radius 1 is 1.00 bits per heavy atom. The normalized spacial score (nSPS) is 14.1. The van der Waals surface area contributed by atoms with Crippen LogP contribution in [0, 0.1) is 12.8 Å². The third-order valence-electron chi connectivity index (χ3n) is 5.86. The second kappa shape index (κ2) is 9.77. The number of hydrogen-bond acceptors (Lipinski definition) is 5. The van der Waals surface area contributed by atoms with Crippen LogP contribution in [0.3, 0.4) is 0 Å². The first-order valence-corrected chi connectivity index (χ1v) is 11.1. The molecule has 0 unspecified atom stereocenters. The Hall–Kier alpha value is -3.81. The van der Waals surface area contributed by atoms with E-state index in [1.54, 1.807) is 7.11 Å². The minimum Gasteiger partial charge on any atom is -0.497 e. The standard InChI is InChI=1S/C25H29N5O3/c1-17-23(26-18(2)31)25(30(28-17)21-7-5-4-6-8-21)29-15-13-19(14-16-29)24(32)27-20-9-11-22(33-3)12-10-20/h4-12,19H,13-16H2,1-3H3,(H,26,31)(H,27,32). The number of rotatable bonds is 6. The number of aromatic nitrogens is 2. The number of carbonyl (C=O) groups is 2. The molecule has 1 aliphatic heterocycles. The fraction of sp³-hybridized carbons (Fsp3) is 0.320. The summed E-state index contributed by atoms with van der Waals surface area (Å²) in [7, 11) is 1.62. The quantitative estimate of drug-likeness (QED) is 0.596. The van der Waals surface area contributed by atoms with E-state index >= 15 is 0 Å². The van der Waals surface area contributed by atoms with Gasteiger partial charge in [-0.2, -0.15) is 5.10 Å². The zero-order chi connectivity index (χ0) is 23.4. The van der Waals surface area contributed by atoms with Gasteiger partial charge in [-0.25, -0.2) is 4.68 Å². The van der Waals surface area contributed by atoms with Crippen LogP contribution < -0.4 is 20.3 Å². The smallest absolute Gasteiger partial charge is 0.227 e. The maximum absolute atomic E-state index is 12.8. The zero-order valence-corrected chi connectivity index (χ0v) is 19.2. The molecule has 1 aliphatic rings. The Morgan fingerprint density at radius 3 is 2.27 bits per heavy atom. The average molecular weight is 448 g/mol. The molecule has 0 radical (unpaired) electrons. The van der Waals surface area contributed by atoms with Crippen molar-refractivity contribution < 1.29 is 14.3 Å². The molecule has 33 heavy (non-hydrogen) atoms. The first-order valence-electron chi connectivity index (χ1n) is 11.1. The molecule has 0 saturated carbocycles. The van der Waals surface area contributed by atoms with Crippen LogP contribution in [0.4, 0.5) is 17.2 Å². The van der Waals surface area contributed by atoms with E-state index in [4.69, 9.17) is 9.84 Å². The molecule has 172 valence electrons. The molecule has 4 rings (SSSR count). The minimum absolute atomic E-state index is 0.0228. The third-order valence-corrected chi connectivity index (χ3v) is 5.86. The molecule has 2 aromatic carbocycles. The van der Waals surface area contributed by atoms with Crippen LogP contribution in [0.5, 0.6) is 5.75 Å². The predicted octanol–water partition coefficient (Wildman–Crippen LogP) is 4.00. The van der Waals surface area contributed by atoms with Gasteiger partial charge in [-0.3, -0.25) is 9.59 Å². The number of nitrogens with zero attached hydrogens (tertiary/aromatic N) is 3. The monoisotopic (exact) mass is 447 g/mol. The first-order chi connectivity index (χ1) is 16.0. The molecule has 1 aromatic heterocycles. The van der Waals surface area contributed by atoms with Crippen molar-refractivity contribution in [3.05, 3.63) is 60.3 Å². The van der Waals surface area contributed by atoms with E-state index in [0.29, 0.717) is 31.6 Å². The van der Waals surface area contributed by atoms with Gasteiger partial charge in [0, 0.05) is 31.6 Å². The highest BCUT2D eigenvalue weighted by atomic mass is 16.5. The van der Waals surface area contributed by atoms with Crippen molar-refractivity contribution in [1.29, 1.82) is 0 Å². The number of methoxy groups -OCH3 is 1. The summed E-state index contributed by atoms with van der Waals surface area (Å²) in [6.07, 6.45) is 1.42. The van der Waals surface area contributed by atoms with Gasteiger partial charge in [0.1, 0.15) is 11.4 Å². The number of nitrogens with one attached hydrogen (secondary N) is 2. The number of anilines is 3. The van der Waals surface area contributed by atoms with Crippen LogP contribution >= 0.6 is 0 Å². The van der Waals surface area contributed by atoms with Crippen LogP contribution in [-0.4, -0.2) is 41.8 Å².